The van der Waals surface area contributed by atoms with Gasteiger partial charge in [-0.3, -0.25) is 19.3 Å². The number of hydrogen-bond acceptors (Lipinski definition) is 6. The molecule has 164 valence electrons. The van der Waals surface area contributed by atoms with Gasteiger partial charge in [0.05, 0.1) is 18.3 Å². The molecule has 0 aliphatic carbocycles. The van der Waals surface area contributed by atoms with Crippen molar-refractivity contribution in [3.63, 3.8) is 0 Å². The zero-order valence-corrected chi connectivity index (χ0v) is 18.4. The third kappa shape index (κ3) is 5.97. The molecule has 1 aromatic heterocycles. The average molecular weight is 443 g/mol. The van der Waals surface area contributed by atoms with Gasteiger partial charge in [-0.25, -0.2) is 4.98 Å². The molecule has 1 fully saturated rings. The molecule has 0 bridgehead atoms. The molecule has 2 aromatic rings. The highest BCUT2D eigenvalue weighted by molar-refractivity contribution is 8.18. The molecule has 1 saturated heterocycles. The lowest BCUT2D eigenvalue weighted by Gasteiger charge is -2.18. The smallest absolute Gasteiger partial charge is 0.293 e. The summed E-state index contributed by atoms with van der Waals surface area (Å²) in [4.78, 5) is 42.8. The predicted octanol–water partition coefficient (Wildman–Crippen LogP) is 3.48. The first-order valence-electron chi connectivity index (χ1n) is 10.2. The number of amides is 3. The van der Waals surface area contributed by atoms with Crippen molar-refractivity contribution >= 4 is 34.9 Å². The van der Waals surface area contributed by atoms with Gasteiger partial charge in [0, 0.05) is 37.9 Å². The maximum Gasteiger partial charge on any atom is 0.293 e. The van der Waals surface area contributed by atoms with Crippen LogP contribution >= 0.6 is 11.8 Å². The van der Waals surface area contributed by atoms with Gasteiger partial charge in [-0.05, 0) is 42.0 Å². The number of rotatable bonds is 10. The zero-order chi connectivity index (χ0) is 22.2. The van der Waals surface area contributed by atoms with Crippen LogP contribution in [0.5, 0.6) is 5.75 Å². The van der Waals surface area contributed by atoms with Crippen molar-refractivity contribution in [2.45, 2.75) is 32.2 Å². The van der Waals surface area contributed by atoms with Crippen molar-refractivity contribution in [3.05, 3.63) is 53.5 Å². The summed E-state index contributed by atoms with van der Waals surface area (Å²) >= 11 is 0.905. The predicted molar refractivity (Wildman–Crippen MR) is 119 cm³/mol. The first kappa shape index (κ1) is 22.6. The number of nitrogens with one attached hydrogen (secondary N) is 1. The molecule has 2 heterocycles. The van der Waals surface area contributed by atoms with Gasteiger partial charge in [0.15, 0.2) is 0 Å². The molecule has 3 amide bonds. The van der Waals surface area contributed by atoms with Gasteiger partial charge >= 0.3 is 0 Å². The number of ether oxygens (including phenoxy) is 1. The van der Waals surface area contributed by atoms with Crippen molar-refractivity contribution in [1.29, 1.82) is 0 Å². The van der Waals surface area contributed by atoms with Crippen LogP contribution in [0.3, 0.4) is 0 Å². The van der Waals surface area contributed by atoms with Gasteiger partial charge < -0.3 is 14.6 Å². The number of thioether (sulfide) groups is 1. The minimum atomic E-state index is -0.345. The SMILES string of the molecule is CCCC(CC(=O)NCCN1C(=O)S/C(=C\c2ccc(OC)cc2)C1=O)n1ccnc1. The lowest BCUT2D eigenvalue weighted by molar-refractivity contribution is -0.124. The van der Waals surface area contributed by atoms with Crippen LogP contribution in [0.4, 0.5) is 4.79 Å². The number of nitrogens with zero attached hydrogens (tertiary/aromatic N) is 3. The molecule has 1 aromatic carbocycles. The molecule has 3 rings (SSSR count). The highest BCUT2D eigenvalue weighted by Gasteiger charge is 2.34. The second kappa shape index (κ2) is 10.8. The monoisotopic (exact) mass is 442 g/mol. The Hall–Kier alpha value is -3.07. The van der Waals surface area contributed by atoms with Crippen LogP contribution in [0.25, 0.3) is 6.08 Å². The number of imidazole rings is 1. The molecule has 8 nitrogen and oxygen atoms in total. The summed E-state index contributed by atoms with van der Waals surface area (Å²) in [6, 6.07) is 7.26. The first-order valence-corrected chi connectivity index (χ1v) is 11.0. The number of benzene rings is 1. The highest BCUT2D eigenvalue weighted by Crippen LogP contribution is 2.32. The Balaban J connectivity index is 1.51. The van der Waals surface area contributed by atoms with E-state index in [1.807, 2.05) is 22.9 Å². The number of imide groups is 1. The number of aromatic nitrogens is 2. The van der Waals surface area contributed by atoms with Crippen LogP contribution in [0.15, 0.2) is 47.9 Å². The van der Waals surface area contributed by atoms with Gasteiger partial charge in [0.2, 0.25) is 5.91 Å². The first-order chi connectivity index (χ1) is 15.0. The molecule has 31 heavy (non-hydrogen) atoms. The van der Waals surface area contributed by atoms with Crippen LogP contribution < -0.4 is 10.1 Å². The van der Waals surface area contributed by atoms with E-state index in [2.05, 4.69) is 17.2 Å². The normalized spacial score (nSPS) is 16.1. The fourth-order valence-corrected chi connectivity index (χ4v) is 4.18. The Morgan fingerprint density at radius 2 is 2.06 bits per heavy atom. The summed E-state index contributed by atoms with van der Waals surface area (Å²) in [7, 11) is 1.58. The number of carbonyl (C=O) groups is 3. The third-order valence-corrected chi connectivity index (χ3v) is 5.84. The number of hydrogen-bond donors (Lipinski definition) is 1. The van der Waals surface area contributed by atoms with Gasteiger partial charge in [-0.2, -0.15) is 0 Å². The van der Waals surface area contributed by atoms with Crippen LogP contribution in [-0.4, -0.2) is 51.7 Å². The third-order valence-electron chi connectivity index (χ3n) is 4.93. The minimum Gasteiger partial charge on any atom is -0.497 e. The van der Waals surface area contributed by atoms with Crippen molar-refractivity contribution in [2.75, 3.05) is 20.2 Å². The molecular weight excluding hydrogens is 416 g/mol. The molecule has 1 atom stereocenters. The lowest BCUT2D eigenvalue weighted by atomic mass is 10.1. The largest absolute Gasteiger partial charge is 0.497 e. The summed E-state index contributed by atoms with van der Waals surface area (Å²) in [5.74, 6) is 0.255. The van der Waals surface area contributed by atoms with Gasteiger partial charge in [0.1, 0.15) is 5.75 Å². The Morgan fingerprint density at radius 1 is 1.29 bits per heavy atom. The Bertz CT molecular complexity index is 941. The zero-order valence-electron chi connectivity index (χ0n) is 17.6. The summed E-state index contributed by atoms with van der Waals surface area (Å²) in [5.41, 5.74) is 0.807. The summed E-state index contributed by atoms with van der Waals surface area (Å²) in [6.07, 6.45) is 9.08. The van der Waals surface area contributed by atoms with Gasteiger partial charge in [-0.1, -0.05) is 25.5 Å². The van der Waals surface area contributed by atoms with Crippen LogP contribution in [0.1, 0.15) is 37.8 Å². The molecule has 1 unspecified atom stereocenters. The lowest BCUT2D eigenvalue weighted by Crippen LogP contribution is -2.37. The summed E-state index contributed by atoms with van der Waals surface area (Å²) in [6.45, 7) is 2.43. The average Bonchev–Trinajstić information content (AvgIpc) is 3.38. The standard InChI is InChI=1S/C22H26N4O4S/c1-3-4-17(25-11-9-23-15-25)14-20(27)24-10-12-26-21(28)19(31-22(26)29)13-16-5-7-18(30-2)8-6-16/h5-9,11,13,15,17H,3-4,10,12,14H2,1-2H3,(H,24,27)/b19-13-. The summed E-state index contributed by atoms with van der Waals surface area (Å²) in [5, 5.41) is 2.49. The molecule has 9 heteroatoms. The van der Waals surface area contributed by atoms with E-state index in [1.165, 1.54) is 4.90 Å². The maximum atomic E-state index is 12.6. The van der Waals surface area contributed by atoms with Crippen molar-refractivity contribution < 1.29 is 19.1 Å². The second-order valence-electron chi connectivity index (χ2n) is 7.11. The summed E-state index contributed by atoms with van der Waals surface area (Å²) < 4.78 is 7.06. The van der Waals surface area contributed by atoms with Gasteiger partial charge in [-0.15, -0.1) is 0 Å². The van der Waals surface area contributed by atoms with E-state index in [1.54, 1.807) is 37.8 Å². The van der Waals surface area contributed by atoms with E-state index in [-0.39, 0.29) is 36.2 Å². The Morgan fingerprint density at radius 3 is 2.71 bits per heavy atom. The fourth-order valence-electron chi connectivity index (χ4n) is 3.31. The molecule has 1 N–H and O–H groups in total. The maximum absolute atomic E-state index is 12.6. The van der Waals surface area contributed by atoms with E-state index in [0.717, 1.165) is 35.9 Å². The van der Waals surface area contributed by atoms with E-state index in [0.29, 0.717) is 11.3 Å². The molecular formula is C22H26N4O4S. The number of carbonyl (C=O) groups excluding carboxylic acids is 3. The molecule has 0 saturated carbocycles. The highest BCUT2D eigenvalue weighted by atomic mass is 32.2. The van der Waals surface area contributed by atoms with Crippen LogP contribution in [-0.2, 0) is 9.59 Å². The van der Waals surface area contributed by atoms with Gasteiger partial charge in [0.25, 0.3) is 11.1 Å². The van der Waals surface area contributed by atoms with Crippen molar-refractivity contribution in [1.82, 2.24) is 19.8 Å². The Labute approximate surface area is 185 Å². The quantitative estimate of drug-likeness (QED) is 0.566. The molecule has 1 aliphatic heterocycles. The van der Waals surface area contributed by atoms with Crippen molar-refractivity contribution in [3.8, 4) is 5.75 Å². The Kier molecular flexibility index (Phi) is 7.88. The topological polar surface area (TPSA) is 93.5 Å². The van der Waals surface area contributed by atoms with Crippen molar-refractivity contribution in [2.24, 2.45) is 0 Å². The van der Waals surface area contributed by atoms with E-state index in [4.69, 9.17) is 4.74 Å². The second-order valence-corrected chi connectivity index (χ2v) is 8.11. The van der Waals surface area contributed by atoms with E-state index >= 15 is 0 Å². The van der Waals surface area contributed by atoms with Crippen LogP contribution in [0, 0.1) is 0 Å². The van der Waals surface area contributed by atoms with Crippen LogP contribution in [0.2, 0.25) is 0 Å². The molecule has 1 aliphatic rings. The number of methoxy groups -OCH3 is 1. The van der Waals surface area contributed by atoms with E-state index < -0.39 is 0 Å². The molecule has 0 spiro atoms. The molecule has 0 radical (unpaired) electrons. The fraction of sp³-hybridized carbons (Fsp3) is 0.364. The van der Waals surface area contributed by atoms with E-state index in [9.17, 15) is 14.4 Å². The minimum absolute atomic E-state index is 0.0390.